The highest BCUT2D eigenvalue weighted by Gasteiger charge is 2.39. The number of carbonyl (C=O) groups excluding carboxylic acids is 2. The van der Waals surface area contributed by atoms with Crippen molar-refractivity contribution in [3.05, 3.63) is 88.9 Å². The molecule has 8 heteroatoms. The Morgan fingerprint density at radius 1 is 0.973 bits per heavy atom. The van der Waals surface area contributed by atoms with Gasteiger partial charge in [0.05, 0.1) is 19.3 Å². The van der Waals surface area contributed by atoms with Crippen molar-refractivity contribution < 1.29 is 23.5 Å². The second-order valence-corrected chi connectivity index (χ2v) is 9.82. The molecule has 1 saturated heterocycles. The predicted octanol–water partition coefficient (Wildman–Crippen LogP) is 3.72. The van der Waals surface area contributed by atoms with Crippen molar-refractivity contribution in [2.24, 2.45) is 5.92 Å². The molecule has 1 atom stereocenters. The number of hydrogen-bond acceptors (Lipinski definition) is 6. The van der Waals surface area contributed by atoms with E-state index >= 15 is 0 Å². The smallest absolute Gasteiger partial charge is 0.301 e. The number of rotatable bonds is 7. The fourth-order valence-electron chi connectivity index (χ4n) is 5.09. The fraction of sp³-hybridized carbons (Fsp3) is 0.379. The van der Waals surface area contributed by atoms with Gasteiger partial charge in [-0.2, -0.15) is 0 Å². The van der Waals surface area contributed by atoms with E-state index in [4.69, 9.17) is 13.9 Å². The first-order chi connectivity index (χ1) is 18.2. The maximum absolute atomic E-state index is 13.2. The van der Waals surface area contributed by atoms with Gasteiger partial charge in [-0.05, 0) is 60.2 Å². The Hall–Kier alpha value is -3.62. The lowest BCUT2D eigenvalue weighted by Gasteiger charge is -2.38. The molecule has 1 aliphatic carbocycles. The van der Waals surface area contributed by atoms with E-state index in [0.29, 0.717) is 37.8 Å². The van der Waals surface area contributed by atoms with Crippen molar-refractivity contribution >= 4 is 11.8 Å². The molecule has 0 radical (unpaired) electrons. The highest BCUT2D eigenvalue weighted by molar-refractivity contribution is 5.91. The van der Waals surface area contributed by atoms with Crippen molar-refractivity contribution in [1.82, 2.24) is 15.3 Å². The third-order valence-corrected chi connectivity index (χ3v) is 7.21. The zero-order valence-electron chi connectivity index (χ0n) is 20.7. The van der Waals surface area contributed by atoms with Gasteiger partial charge in [0.15, 0.2) is 5.76 Å². The minimum Gasteiger partial charge on any atom is -0.486 e. The summed E-state index contributed by atoms with van der Waals surface area (Å²) in [5.74, 6) is 1.65. The Morgan fingerprint density at radius 2 is 1.78 bits per heavy atom. The Morgan fingerprint density at radius 3 is 2.57 bits per heavy atom. The van der Waals surface area contributed by atoms with E-state index in [1.807, 2.05) is 40.2 Å². The Bertz CT molecular complexity index is 1260. The topological polar surface area (TPSA) is 84.3 Å². The predicted molar refractivity (Wildman–Crippen MR) is 136 cm³/mol. The number of furan rings is 1. The molecule has 1 saturated carbocycles. The quantitative estimate of drug-likeness (QED) is 0.531. The van der Waals surface area contributed by atoms with Crippen molar-refractivity contribution in [2.45, 2.75) is 31.9 Å². The van der Waals surface area contributed by atoms with Gasteiger partial charge in [-0.15, -0.1) is 0 Å². The molecule has 3 aliphatic rings. The van der Waals surface area contributed by atoms with E-state index < -0.39 is 0 Å². The summed E-state index contributed by atoms with van der Waals surface area (Å²) in [6, 6.07) is 19.6. The standard InChI is InChI=1S/C29H31N3O5/c33-28(30-31-14-16-35-17-15-31)26-11-10-24(37-26)19-36-23-9-8-20-12-13-32(29(34)22-6-7-22)27(25(20)18-23)21-4-2-1-3-5-21/h1-5,8-11,18,22,27H,6-7,12-17,19H2,(H,30,33)/t27-/m1/s1. The number of carbonyl (C=O) groups is 2. The lowest BCUT2D eigenvalue weighted by molar-refractivity contribution is -0.134. The first kappa shape index (κ1) is 23.8. The lowest BCUT2D eigenvalue weighted by Crippen LogP contribution is -2.48. The summed E-state index contributed by atoms with van der Waals surface area (Å²) < 4.78 is 17.1. The number of hydrogen-bond donors (Lipinski definition) is 1. The molecular weight excluding hydrogens is 470 g/mol. The number of ether oxygens (including phenoxy) is 2. The molecule has 3 aromatic rings. The van der Waals surface area contributed by atoms with Gasteiger partial charge in [0.25, 0.3) is 0 Å². The van der Waals surface area contributed by atoms with Gasteiger partial charge in [0.1, 0.15) is 18.1 Å². The van der Waals surface area contributed by atoms with E-state index in [9.17, 15) is 9.59 Å². The van der Waals surface area contributed by atoms with Crippen molar-refractivity contribution in [1.29, 1.82) is 0 Å². The number of nitrogens with one attached hydrogen (secondary N) is 1. The van der Waals surface area contributed by atoms with Crippen LogP contribution in [0.3, 0.4) is 0 Å². The fourth-order valence-corrected chi connectivity index (χ4v) is 5.09. The Labute approximate surface area is 216 Å². The van der Waals surface area contributed by atoms with E-state index in [2.05, 4.69) is 23.6 Å². The van der Waals surface area contributed by atoms with Gasteiger partial charge in [-0.3, -0.25) is 15.0 Å². The first-order valence-corrected chi connectivity index (χ1v) is 13.0. The van der Waals surface area contributed by atoms with E-state index in [1.165, 1.54) is 5.56 Å². The highest BCUT2D eigenvalue weighted by Crippen LogP contribution is 2.41. The van der Waals surface area contributed by atoms with Crippen LogP contribution < -0.4 is 10.2 Å². The molecule has 1 aromatic heterocycles. The number of fused-ring (bicyclic) bond motifs is 1. The summed E-state index contributed by atoms with van der Waals surface area (Å²) in [5.41, 5.74) is 6.30. The summed E-state index contributed by atoms with van der Waals surface area (Å²) in [7, 11) is 0. The van der Waals surface area contributed by atoms with Crippen molar-refractivity contribution in [2.75, 3.05) is 32.8 Å². The molecule has 3 heterocycles. The molecule has 2 fully saturated rings. The van der Waals surface area contributed by atoms with Gasteiger partial charge >= 0.3 is 5.91 Å². The molecule has 37 heavy (non-hydrogen) atoms. The summed E-state index contributed by atoms with van der Waals surface area (Å²) in [6.07, 6.45) is 2.81. The zero-order chi connectivity index (χ0) is 25.2. The van der Waals surface area contributed by atoms with Crippen LogP contribution >= 0.6 is 0 Å². The summed E-state index contributed by atoms with van der Waals surface area (Å²) in [5, 5.41) is 1.83. The Balaban J connectivity index is 1.17. The zero-order valence-corrected chi connectivity index (χ0v) is 20.7. The van der Waals surface area contributed by atoms with Crippen LogP contribution in [0.25, 0.3) is 0 Å². The van der Waals surface area contributed by atoms with Crippen LogP contribution in [0.2, 0.25) is 0 Å². The van der Waals surface area contributed by atoms with E-state index in [-0.39, 0.29) is 36.1 Å². The number of hydrazine groups is 1. The molecule has 0 spiro atoms. The molecule has 2 aliphatic heterocycles. The summed E-state index contributed by atoms with van der Waals surface area (Å²) in [4.78, 5) is 27.7. The summed E-state index contributed by atoms with van der Waals surface area (Å²) >= 11 is 0. The average Bonchev–Trinajstić information content (AvgIpc) is 3.68. The van der Waals surface area contributed by atoms with Crippen LogP contribution in [0, 0.1) is 5.92 Å². The van der Waals surface area contributed by atoms with Gasteiger partial charge in [-0.25, -0.2) is 5.01 Å². The maximum Gasteiger partial charge on any atom is 0.301 e. The molecule has 0 bridgehead atoms. The lowest BCUT2D eigenvalue weighted by atomic mass is 9.87. The molecular formula is C29H31N3O5. The number of benzene rings is 2. The van der Waals surface area contributed by atoms with Crippen LogP contribution in [0.5, 0.6) is 5.75 Å². The van der Waals surface area contributed by atoms with Gasteiger partial charge in [-0.1, -0.05) is 36.4 Å². The van der Waals surface area contributed by atoms with Crippen molar-refractivity contribution in [3.63, 3.8) is 0 Å². The number of nitrogens with zero attached hydrogens (tertiary/aromatic N) is 2. The monoisotopic (exact) mass is 501 g/mol. The number of amides is 2. The Kier molecular flexibility index (Phi) is 6.68. The molecule has 192 valence electrons. The van der Waals surface area contributed by atoms with E-state index in [0.717, 1.165) is 36.9 Å². The normalized spacial score (nSPS) is 19.8. The largest absolute Gasteiger partial charge is 0.486 e. The molecule has 1 N–H and O–H groups in total. The second-order valence-electron chi connectivity index (χ2n) is 9.82. The van der Waals surface area contributed by atoms with Gasteiger partial charge < -0.3 is 18.8 Å². The second kappa shape index (κ2) is 10.4. The van der Waals surface area contributed by atoms with E-state index in [1.54, 1.807) is 12.1 Å². The maximum atomic E-state index is 13.2. The van der Waals surface area contributed by atoms with Crippen LogP contribution in [0.1, 0.15) is 51.9 Å². The minimum absolute atomic E-state index is 0.124. The SMILES string of the molecule is O=C(NN1CCOCC1)c1ccc(COc2ccc3c(c2)[C@@H](c2ccccc2)N(C(=O)C2CC2)CC3)o1. The molecule has 6 rings (SSSR count). The molecule has 2 amide bonds. The molecule has 8 nitrogen and oxygen atoms in total. The average molecular weight is 502 g/mol. The van der Waals surface area contributed by atoms with Crippen molar-refractivity contribution in [3.8, 4) is 5.75 Å². The third kappa shape index (κ3) is 5.26. The van der Waals surface area contributed by atoms with Gasteiger partial charge in [0.2, 0.25) is 5.91 Å². The molecule has 0 unspecified atom stereocenters. The third-order valence-electron chi connectivity index (χ3n) is 7.21. The summed E-state index contributed by atoms with van der Waals surface area (Å²) in [6.45, 7) is 3.41. The van der Waals surface area contributed by atoms with Crippen LogP contribution in [-0.2, 0) is 22.6 Å². The highest BCUT2D eigenvalue weighted by atomic mass is 16.5. The van der Waals surface area contributed by atoms with Crippen LogP contribution in [-0.4, -0.2) is 54.6 Å². The number of morpholine rings is 1. The molecule has 2 aromatic carbocycles. The van der Waals surface area contributed by atoms with Crippen LogP contribution in [0.4, 0.5) is 0 Å². The van der Waals surface area contributed by atoms with Crippen LogP contribution in [0.15, 0.2) is 65.1 Å². The van der Waals surface area contributed by atoms with Gasteiger partial charge in [0, 0.05) is 25.6 Å². The first-order valence-electron chi connectivity index (χ1n) is 13.0. The minimum atomic E-state index is -0.284.